The van der Waals surface area contributed by atoms with Gasteiger partial charge in [0.25, 0.3) is 0 Å². The highest BCUT2D eigenvalue weighted by Crippen LogP contribution is 2.39. The van der Waals surface area contributed by atoms with Crippen LogP contribution in [0.3, 0.4) is 0 Å². The van der Waals surface area contributed by atoms with Crippen LogP contribution in [0.1, 0.15) is 48.1 Å². The summed E-state index contributed by atoms with van der Waals surface area (Å²) >= 11 is 0. The van der Waals surface area contributed by atoms with Gasteiger partial charge in [-0.05, 0) is 24.6 Å². The first-order valence-electron chi connectivity index (χ1n) is 9.49. The average Bonchev–Trinajstić information content (AvgIpc) is 2.68. The Labute approximate surface area is 167 Å². The summed E-state index contributed by atoms with van der Waals surface area (Å²) in [5, 5.41) is 9.00. The van der Waals surface area contributed by atoms with Gasteiger partial charge in [-0.25, -0.2) is 4.79 Å². The monoisotopic (exact) mass is 406 g/mol. The number of alkyl halides is 3. The zero-order valence-electron chi connectivity index (χ0n) is 16.1. The van der Waals surface area contributed by atoms with Crippen LogP contribution in [0.25, 0.3) is 0 Å². The molecule has 0 aliphatic carbocycles. The van der Waals surface area contributed by atoms with Crippen molar-refractivity contribution >= 4 is 11.9 Å². The fourth-order valence-electron chi connectivity index (χ4n) is 4.20. The summed E-state index contributed by atoms with van der Waals surface area (Å²) in [7, 11) is 0. The first-order chi connectivity index (χ1) is 13.6. The fourth-order valence-corrected chi connectivity index (χ4v) is 4.20. The van der Waals surface area contributed by atoms with E-state index in [2.05, 4.69) is 0 Å². The molecule has 2 aromatic rings. The van der Waals surface area contributed by atoms with E-state index in [1.165, 1.54) is 6.07 Å². The number of carboxylic acids is 1. The van der Waals surface area contributed by atoms with E-state index < -0.39 is 17.7 Å². The van der Waals surface area contributed by atoms with E-state index >= 15 is 0 Å². The molecule has 0 aromatic heterocycles. The molecule has 0 fully saturated rings. The van der Waals surface area contributed by atoms with Crippen LogP contribution in [0.2, 0.25) is 0 Å². The molecule has 0 radical (unpaired) electrons. The maximum Gasteiger partial charge on any atom is 0.416 e. The smallest absolute Gasteiger partial charge is 0.416 e. The normalized spacial score (nSPS) is 21.4. The Morgan fingerprint density at radius 1 is 1.10 bits per heavy atom. The maximum absolute atomic E-state index is 13.2. The lowest BCUT2D eigenvalue weighted by atomic mass is 9.89. The zero-order valence-corrected chi connectivity index (χ0v) is 16.1. The van der Waals surface area contributed by atoms with Crippen molar-refractivity contribution in [2.45, 2.75) is 44.9 Å². The minimum atomic E-state index is -4.46. The Morgan fingerprint density at radius 2 is 1.83 bits per heavy atom. The highest BCUT2D eigenvalue weighted by atomic mass is 19.4. The molecule has 3 rings (SSSR count). The number of carbonyl (C=O) groups excluding carboxylic acids is 1. The average molecular weight is 406 g/mol. The molecule has 1 heterocycles. The zero-order chi connectivity index (χ0) is 21.2. The third-order valence-electron chi connectivity index (χ3n) is 5.80. The molecule has 1 aliphatic heterocycles. The molecule has 2 unspecified atom stereocenters. The Hall–Kier alpha value is -2.67. The van der Waals surface area contributed by atoms with Gasteiger partial charge < -0.3 is 5.11 Å². The van der Waals surface area contributed by atoms with Gasteiger partial charge in [-0.1, -0.05) is 36.4 Å². The molecule has 0 spiro atoms. The quantitative estimate of drug-likeness (QED) is 0.731. The molecule has 154 valence electrons. The lowest BCUT2D eigenvalue weighted by molar-refractivity contribution is -0.899. The van der Waals surface area contributed by atoms with Gasteiger partial charge in [-0.15, -0.1) is 0 Å². The van der Waals surface area contributed by atoms with Crippen molar-refractivity contribution in [2.24, 2.45) is 0 Å². The number of benzene rings is 2. The molecule has 2 aromatic carbocycles. The number of amides is 1. The van der Waals surface area contributed by atoms with Gasteiger partial charge in [0.05, 0.1) is 24.9 Å². The van der Waals surface area contributed by atoms with Gasteiger partial charge in [0, 0.05) is 17.5 Å². The summed E-state index contributed by atoms with van der Waals surface area (Å²) in [4.78, 5) is 24.2. The summed E-state index contributed by atoms with van der Waals surface area (Å²) in [5.74, 6) is -1.33. The maximum atomic E-state index is 13.2. The summed E-state index contributed by atoms with van der Waals surface area (Å²) < 4.78 is 39.4. The van der Waals surface area contributed by atoms with Crippen LogP contribution in [0, 0.1) is 0 Å². The first kappa shape index (κ1) is 21.0. The lowest BCUT2D eigenvalue weighted by Crippen LogP contribution is -2.56. The molecule has 0 bridgehead atoms. The van der Waals surface area contributed by atoms with E-state index in [0.717, 1.165) is 23.3 Å². The Kier molecular flexibility index (Phi) is 5.80. The summed E-state index contributed by atoms with van der Waals surface area (Å²) in [6.07, 6.45) is -4.30. The second kappa shape index (κ2) is 7.99. The number of aliphatic carboxylic acids is 1. The predicted octanol–water partition coefficient (Wildman–Crippen LogP) is 4.73. The number of quaternary nitrogens is 1. The van der Waals surface area contributed by atoms with Gasteiger partial charge in [0.1, 0.15) is 12.6 Å². The molecule has 1 amide bonds. The van der Waals surface area contributed by atoms with Crippen molar-refractivity contribution in [3.8, 4) is 0 Å². The number of hydrogen-bond donors (Lipinski definition) is 1. The van der Waals surface area contributed by atoms with E-state index in [4.69, 9.17) is 5.11 Å². The van der Waals surface area contributed by atoms with Crippen molar-refractivity contribution in [3.05, 3.63) is 70.8 Å². The first-order valence-corrected chi connectivity index (χ1v) is 9.49. The largest absolute Gasteiger partial charge is 0.481 e. The third kappa shape index (κ3) is 4.34. The van der Waals surface area contributed by atoms with Crippen molar-refractivity contribution in [1.82, 2.24) is 0 Å². The number of carboxylic acid groups (broad SMARTS) is 1. The van der Waals surface area contributed by atoms with Crippen LogP contribution in [-0.2, 0) is 28.7 Å². The molecule has 1 aliphatic rings. The summed E-state index contributed by atoms with van der Waals surface area (Å²) in [6.45, 7) is 2.41. The Morgan fingerprint density at radius 3 is 2.52 bits per heavy atom. The second-order valence-electron chi connectivity index (χ2n) is 7.53. The Bertz CT molecular complexity index is 926. The van der Waals surface area contributed by atoms with Gasteiger partial charge in [-0.3, -0.25) is 9.28 Å². The van der Waals surface area contributed by atoms with Crippen molar-refractivity contribution in [2.75, 3.05) is 6.54 Å². The van der Waals surface area contributed by atoms with Gasteiger partial charge in [0.2, 0.25) is 0 Å². The minimum Gasteiger partial charge on any atom is -0.481 e. The van der Waals surface area contributed by atoms with E-state index in [1.54, 1.807) is 6.07 Å². The van der Waals surface area contributed by atoms with Crippen molar-refractivity contribution < 1.29 is 32.3 Å². The van der Waals surface area contributed by atoms with Crippen LogP contribution < -0.4 is 0 Å². The molecule has 7 heteroatoms. The topological polar surface area (TPSA) is 54.4 Å². The third-order valence-corrected chi connectivity index (χ3v) is 5.80. The van der Waals surface area contributed by atoms with E-state index in [1.807, 2.05) is 31.2 Å². The minimum absolute atomic E-state index is 0.0778. The van der Waals surface area contributed by atoms with Gasteiger partial charge in [0.15, 0.2) is 0 Å². The SMILES string of the molecule is CC1c2ccccc2CC[N+]1(Cc1cccc(C(F)(F)F)c1)C(=O)CCC(=O)O. The number of nitrogens with zero attached hydrogens (tertiary/aromatic N) is 1. The number of carbonyl (C=O) groups is 2. The van der Waals surface area contributed by atoms with E-state index in [-0.39, 0.29) is 35.8 Å². The number of halogens is 3. The second-order valence-corrected chi connectivity index (χ2v) is 7.53. The lowest BCUT2D eigenvalue weighted by Gasteiger charge is -2.45. The van der Waals surface area contributed by atoms with Crippen LogP contribution >= 0.6 is 0 Å². The van der Waals surface area contributed by atoms with E-state index in [9.17, 15) is 22.8 Å². The molecule has 0 saturated carbocycles. The van der Waals surface area contributed by atoms with Crippen molar-refractivity contribution in [3.63, 3.8) is 0 Å². The van der Waals surface area contributed by atoms with Crippen LogP contribution in [0.15, 0.2) is 48.5 Å². The standard InChI is InChI=1S/C22H22F3NO3/c1-15-19-8-3-2-6-17(19)11-12-26(15,20(27)9-10-21(28)29)14-16-5-4-7-18(13-16)22(23,24)25/h2-8,13,15H,9-12,14H2,1H3/p+1. The van der Waals surface area contributed by atoms with Gasteiger partial charge >= 0.3 is 18.1 Å². The molecular formula is C22H23F3NO3+. The molecule has 4 nitrogen and oxygen atoms in total. The highest BCUT2D eigenvalue weighted by molar-refractivity contribution is 5.76. The Balaban J connectivity index is 2.01. The molecule has 1 N–H and O–H groups in total. The van der Waals surface area contributed by atoms with Crippen LogP contribution in [0.4, 0.5) is 13.2 Å². The number of fused-ring (bicyclic) bond motifs is 1. The van der Waals surface area contributed by atoms with Crippen molar-refractivity contribution in [1.29, 1.82) is 0 Å². The van der Waals surface area contributed by atoms with Gasteiger partial charge in [-0.2, -0.15) is 13.2 Å². The van der Waals surface area contributed by atoms with Crippen LogP contribution in [0.5, 0.6) is 0 Å². The number of rotatable bonds is 5. The summed E-state index contributed by atoms with van der Waals surface area (Å²) in [5.41, 5.74) is 1.75. The highest BCUT2D eigenvalue weighted by Gasteiger charge is 2.45. The predicted molar refractivity (Wildman–Crippen MR) is 101 cm³/mol. The molecule has 29 heavy (non-hydrogen) atoms. The molecule has 2 atom stereocenters. The summed E-state index contributed by atoms with van der Waals surface area (Å²) in [6, 6.07) is 12.5. The number of hydrogen-bond acceptors (Lipinski definition) is 2. The molecule has 0 saturated heterocycles. The van der Waals surface area contributed by atoms with Crippen LogP contribution in [-0.4, -0.2) is 28.0 Å². The fraction of sp³-hybridized carbons (Fsp3) is 0.364. The molecular weight excluding hydrogens is 383 g/mol. The van der Waals surface area contributed by atoms with E-state index in [0.29, 0.717) is 18.5 Å².